The number of nitrogens with zero attached hydrogens (tertiary/aromatic N) is 1. The number of halogens is 3. The van der Waals surface area contributed by atoms with Crippen LogP contribution >= 0.6 is 39.1 Å². The van der Waals surface area contributed by atoms with Crippen molar-refractivity contribution in [2.45, 2.75) is 39.8 Å². The highest BCUT2D eigenvalue weighted by Crippen LogP contribution is 2.28. The van der Waals surface area contributed by atoms with E-state index in [-0.39, 0.29) is 25.0 Å². The first-order valence-corrected chi connectivity index (χ1v) is 13.2. The molecule has 8 heteroatoms. The van der Waals surface area contributed by atoms with E-state index in [0.29, 0.717) is 34.3 Å². The van der Waals surface area contributed by atoms with Crippen molar-refractivity contribution in [3.8, 4) is 5.75 Å². The maximum absolute atomic E-state index is 13.6. The molecule has 5 nitrogen and oxygen atoms in total. The lowest BCUT2D eigenvalue weighted by atomic mass is 10.0. The van der Waals surface area contributed by atoms with Crippen molar-refractivity contribution in [2.24, 2.45) is 0 Å². The number of rotatable bonds is 10. The summed E-state index contributed by atoms with van der Waals surface area (Å²) in [6, 6.07) is 17.7. The van der Waals surface area contributed by atoms with Gasteiger partial charge in [-0.2, -0.15) is 0 Å². The summed E-state index contributed by atoms with van der Waals surface area (Å²) >= 11 is 16.4. The van der Waals surface area contributed by atoms with Crippen LogP contribution in [0.25, 0.3) is 0 Å². The molecule has 190 valence electrons. The molecule has 36 heavy (non-hydrogen) atoms. The average Bonchev–Trinajstić information content (AvgIpc) is 2.85. The molecule has 0 aliphatic carbocycles. The number of likely N-dealkylation sites (N-methyl/N-ethyl adjacent to an activating group) is 1. The van der Waals surface area contributed by atoms with Crippen molar-refractivity contribution in [3.05, 3.63) is 97.4 Å². The van der Waals surface area contributed by atoms with Gasteiger partial charge in [-0.1, -0.05) is 75.5 Å². The van der Waals surface area contributed by atoms with Gasteiger partial charge >= 0.3 is 0 Å². The van der Waals surface area contributed by atoms with E-state index in [0.717, 1.165) is 21.2 Å². The summed E-state index contributed by atoms with van der Waals surface area (Å²) in [7, 11) is 0. The second kappa shape index (κ2) is 13.1. The molecule has 0 heterocycles. The number of nitrogens with one attached hydrogen (secondary N) is 1. The Morgan fingerprint density at radius 2 is 1.61 bits per heavy atom. The van der Waals surface area contributed by atoms with Gasteiger partial charge in [0.1, 0.15) is 11.8 Å². The standard InChI is InChI=1S/C28H29BrCl2N2O3/c1-4-32-28(35)25(15-20-9-6-5-7-10-20)33(16-22-23(30)11-8-12-24(22)31)26(34)17-36-21-13-18(2)27(29)19(3)14-21/h5-14,25H,4,15-17H2,1-3H3,(H,32,35)/t25-/m0/s1. The number of hydrogen-bond acceptors (Lipinski definition) is 3. The Bertz CT molecular complexity index is 1180. The molecule has 3 rings (SSSR count). The smallest absolute Gasteiger partial charge is 0.261 e. The summed E-state index contributed by atoms with van der Waals surface area (Å²) < 4.78 is 6.89. The van der Waals surface area contributed by atoms with Gasteiger partial charge in [-0.05, 0) is 61.7 Å². The zero-order valence-corrected chi connectivity index (χ0v) is 23.6. The number of carbonyl (C=O) groups is 2. The number of aryl methyl sites for hydroxylation is 2. The molecule has 3 aromatic rings. The van der Waals surface area contributed by atoms with Crippen LogP contribution in [0.2, 0.25) is 10.0 Å². The van der Waals surface area contributed by atoms with E-state index in [1.807, 2.05) is 63.2 Å². The molecule has 0 saturated carbocycles. The van der Waals surface area contributed by atoms with Gasteiger partial charge in [-0.3, -0.25) is 9.59 Å². The van der Waals surface area contributed by atoms with Crippen molar-refractivity contribution in [2.75, 3.05) is 13.2 Å². The maximum atomic E-state index is 13.6. The Hall–Kier alpha value is -2.54. The minimum atomic E-state index is -0.788. The Labute approximate surface area is 230 Å². The van der Waals surface area contributed by atoms with Gasteiger partial charge in [0, 0.05) is 39.6 Å². The van der Waals surface area contributed by atoms with Crippen molar-refractivity contribution in [1.29, 1.82) is 0 Å². The zero-order chi connectivity index (χ0) is 26.2. The number of amides is 2. The highest BCUT2D eigenvalue weighted by molar-refractivity contribution is 9.10. The fraction of sp³-hybridized carbons (Fsp3) is 0.286. The van der Waals surface area contributed by atoms with Crippen LogP contribution < -0.4 is 10.1 Å². The highest BCUT2D eigenvalue weighted by Gasteiger charge is 2.31. The van der Waals surface area contributed by atoms with Gasteiger partial charge in [0.05, 0.1) is 0 Å². The maximum Gasteiger partial charge on any atom is 0.261 e. The Morgan fingerprint density at radius 3 is 2.19 bits per heavy atom. The molecule has 0 aliphatic heterocycles. The molecule has 0 spiro atoms. The summed E-state index contributed by atoms with van der Waals surface area (Å²) in [5.74, 6) is -0.0282. The van der Waals surface area contributed by atoms with Gasteiger partial charge in [0.15, 0.2) is 6.61 Å². The summed E-state index contributed by atoms with van der Waals surface area (Å²) in [5, 5.41) is 3.72. The van der Waals surface area contributed by atoms with Gasteiger partial charge in [-0.15, -0.1) is 0 Å². The second-order valence-corrected chi connectivity index (χ2v) is 10.1. The molecule has 0 radical (unpaired) electrons. The Kier molecular flexibility index (Phi) is 10.2. The summed E-state index contributed by atoms with van der Waals surface area (Å²) in [5.41, 5.74) is 3.51. The summed E-state index contributed by atoms with van der Waals surface area (Å²) in [4.78, 5) is 28.4. The lowest BCUT2D eigenvalue weighted by Gasteiger charge is -2.32. The van der Waals surface area contributed by atoms with Crippen LogP contribution in [0.3, 0.4) is 0 Å². The fourth-order valence-electron chi connectivity index (χ4n) is 3.92. The van der Waals surface area contributed by atoms with Crippen LogP contribution in [-0.4, -0.2) is 35.9 Å². The Balaban J connectivity index is 1.95. The second-order valence-electron chi connectivity index (χ2n) is 8.48. The zero-order valence-electron chi connectivity index (χ0n) is 20.5. The van der Waals surface area contributed by atoms with Gasteiger partial charge in [0.25, 0.3) is 5.91 Å². The molecule has 0 aliphatic rings. The van der Waals surface area contributed by atoms with Crippen molar-refractivity contribution in [3.63, 3.8) is 0 Å². The predicted molar refractivity (Wildman–Crippen MR) is 149 cm³/mol. The molecule has 1 atom stereocenters. The van der Waals surface area contributed by atoms with Crippen LogP contribution in [0.4, 0.5) is 0 Å². The number of hydrogen-bond donors (Lipinski definition) is 1. The van der Waals surface area contributed by atoms with Crippen LogP contribution in [0.5, 0.6) is 5.75 Å². The van der Waals surface area contributed by atoms with Crippen molar-refractivity contribution < 1.29 is 14.3 Å². The number of ether oxygens (including phenoxy) is 1. The monoisotopic (exact) mass is 590 g/mol. The molecule has 0 unspecified atom stereocenters. The van der Waals surface area contributed by atoms with E-state index < -0.39 is 6.04 Å². The van der Waals surface area contributed by atoms with Crippen LogP contribution in [0.15, 0.2) is 65.1 Å². The Morgan fingerprint density at radius 1 is 1.00 bits per heavy atom. The van der Waals surface area contributed by atoms with Gasteiger partial charge in [0.2, 0.25) is 5.91 Å². The lowest BCUT2D eigenvalue weighted by molar-refractivity contribution is -0.142. The van der Waals surface area contributed by atoms with E-state index in [1.54, 1.807) is 18.2 Å². The molecule has 3 aromatic carbocycles. The molecule has 0 fully saturated rings. The van der Waals surface area contributed by atoms with Crippen LogP contribution in [0.1, 0.15) is 29.2 Å². The van der Waals surface area contributed by atoms with Gasteiger partial charge < -0.3 is 15.0 Å². The molecule has 0 aromatic heterocycles. The molecule has 0 saturated heterocycles. The predicted octanol–water partition coefficient (Wildman–Crippen LogP) is 6.53. The van der Waals surface area contributed by atoms with Crippen LogP contribution in [-0.2, 0) is 22.6 Å². The van der Waals surface area contributed by atoms with E-state index in [9.17, 15) is 9.59 Å². The average molecular weight is 592 g/mol. The minimum Gasteiger partial charge on any atom is -0.484 e. The third kappa shape index (κ3) is 7.25. The van der Waals surface area contributed by atoms with Crippen molar-refractivity contribution >= 4 is 50.9 Å². The van der Waals surface area contributed by atoms with E-state index in [1.165, 1.54) is 4.90 Å². The van der Waals surface area contributed by atoms with E-state index in [4.69, 9.17) is 27.9 Å². The summed E-state index contributed by atoms with van der Waals surface area (Å²) in [6.45, 7) is 6.02. The minimum absolute atomic E-state index is 0.0632. The quantitative estimate of drug-likeness (QED) is 0.292. The molecular formula is C28H29BrCl2N2O3. The lowest BCUT2D eigenvalue weighted by Crippen LogP contribution is -2.51. The highest BCUT2D eigenvalue weighted by atomic mass is 79.9. The molecular weight excluding hydrogens is 563 g/mol. The number of carbonyl (C=O) groups excluding carboxylic acids is 2. The normalized spacial score (nSPS) is 11.6. The third-order valence-corrected chi connectivity index (χ3v) is 7.74. The third-order valence-electron chi connectivity index (χ3n) is 5.78. The van der Waals surface area contributed by atoms with Gasteiger partial charge in [-0.25, -0.2) is 0 Å². The summed E-state index contributed by atoms with van der Waals surface area (Å²) in [6.07, 6.45) is 0.330. The first kappa shape index (κ1) is 28.0. The van der Waals surface area contributed by atoms with Crippen molar-refractivity contribution in [1.82, 2.24) is 10.2 Å². The molecule has 2 amide bonds. The van der Waals surface area contributed by atoms with E-state index >= 15 is 0 Å². The van der Waals surface area contributed by atoms with Crippen LogP contribution in [0, 0.1) is 13.8 Å². The number of benzene rings is 3. The topological polar surface area (TPSA) is 58.6 Å². The molecule has 0 bridgehead atoms. The fourth-order valence-corrected chi connectivity index (χ4v) is 4.66. The first-order valence-electron chi connectivity index (χ1n) is 11.6. The first-order chi connectivity index (χ1) is 17.2. The SMILES string of the molecule is CCNC(=O)[C@H](Cc1ccccc1)N(Cc1c(Cl)cccc1Cl)C(=O)COc1cc(C)c(Br)c(C)c1. The molecule has 1 N–H and O–H groups in total. The largest absolute Gasteiger partial charge is 0.484 e. The van der Waals surface area contributed by atoms with E-state index in [2.05, 4.69) is 21.2 Å².